The molecule has 1 heterocycles. The quantitative estimate of drug-likeness (QED) is 0.697. The molecule has 1 rings (SSSR count). The van der Waals surface area contributed by atoms with Crippen molar-refractivity contribution >= 4 is 23.6 Å². The van der Waals surface area contributed by atoms with Crippen molar-refractivity contribution in [3.05, 3.63) is 23.9 Å². The molecule has 122 valence electrons. The molecule has 22 heavy (non-hydrogen) atoms. The van der Waals surface area contributed by atoms with E-state index in [1.165, 1.54) is 6.20 Å². The van der Waals surface area contributed by atoms with E-state index in [9.17, 15) is 22.8 Å². The normalized spacial score (nSPS) is 11.0. The Morgan fingerprint density at radius 3 is 2.73 bits per heavy atom. The second kappa shape index (κ2) is 8.47. The Balaban J connectivity index is 2.33. The number of nitrogens with zero attached hydrogens (tertiary/aromatic N) is 1. The van der Waals surface area contributed by atoms with Crippen LogP contribution in [0, 0.1) is 0 Å². The van der Waals surface area contributed by atoms with Crippen LogP contribution in [0.15, 0.2) is 18.3 Å². The topological polar surface area (TPSA) is 88.5 Å². The van der Waals surface area contributed by atoms with Crippen LogP contribution in [0.5, 0.6) is 5.88 Å². The van der Waals surface area contributed by atoms with E-state index in [1.54, 1.807) is 0 Å². The van der Waals surface area contributed by atoms with Crippen LogP contribution in [-0.2, 0) is 15.8 Å². The van der Waals surface area contributed by atoms with Gasteiger partial charge in [0.25, 0.3) is 0 Å². The first-order valence-corrected chi connectivity index (χ1v) is 7.17. The van der Waals surface area contributed by atoms with Gasteiger partial charge in [-0.3, -0.25) is 9.59 Å². The van der Waals surface area contributed by atoms with Gasteiger partial charge in [0.15, 0.2) is 0 Å². The van der Waals surface area contributed by atoms with Crippen LogP contribution in [0.25, 0.3) is 0 Å². The Kier molecular flexibility index (Phi) is 6.96. The number of aromatic nitrogens is 1. The second-order valence-electron chi connectivity index (χ2n) is 3.94. The number of carboxylic acid groups (broad SMARTS) is 1. The maximum atomic E-state index is 12.6. The van der Waals surface area contributed by atoms with Gasteiger partial charge in [0.05, 0.1) is 18.1 Å². The lowest BCUT2D eigenvalue weighted by molar-refractivity contribution is -0.139. The van der Waals surface area contributed by atoms with Crippen molar-refractivity contribution in [3.8, 4) is 5.88 Å². The molecular formula is C12H13F3N2O4S. The van der Waals surface area contributed by atoms with Gasteiger partial charge in [-0.15, -0.1) is 11.8 Å². The van der Waals surface area contributed by atoms with E-state index in [0.717, 1.165) is 23.9 Å². The number of thioether (sulfide) groups is 1. The number of aliphatic carboxylic acids is 1. The van der Waals surface area contributed by atoms with Crippen LogP contribution >= 0.6 is 11.8 Å². The fourth-order valence-electron chi connectivity index (χ4n) is 1.34. The van der Waals surface area contributed by atoms with Crippen molar-refractivity contribution < 1.29 is 32.6 Å². The van der Waals surface area contributed by atoms with E-state index in [-0.39, 0.29) is 24.7 Å². The Hall–Kier alpha value is -1.97. The fraction of sp³-hybridized carbons (Fsp3) is 0.417. The predicted octanol–water partition coefficient (Wildman–Crippen LogP) is 1.41. The molecule has 10 heteroatoms. The van der Waals surface area contributed by atoms with Gasteiger partial charge >= 0.3 is 12.1 Å². The number of ether oxygens (including phenoxy) is 1. The molecule has 0 saturated heterocycles. The highest BCUT2D eigenvalue weighted by Crippen LogP contribution is 2.34. The van der Waals surface area contributed by atoms with Gasteiger partial charge in [-0.05, 0) is 12.1 Å². The highest BCUT2D eigenvalue weighted by atomic mass is 32.2. The largest absolute Gasteiger partial charge is 0.481 e. The first kappa shape index (κ1) is 18.1. The van der Waals surface area contributed by atoms with Gasteiger partial charge in [-0.2, -0.15) is 13.2 Å². The van der Waals surface area contributed by atoms with Crippen molar-refractivity contribution in [1.82, 2.24) is 10.3 Å². The Morgan fingerprint density at radius 2 is 2.09 bits per heavy atom. The lowest BCUT2D eigenvalue weighted by Gasteiger charge is -2.12. The molecule has 0 aromatic carbocycles. The minimum atomic E-state index is -4.57. The summed E-state index contributed by atoms with van der Waals surface area (Å²) in [5, 5.41) is 10.8. The lowest BCUT2D eigenvalue weighted by atomic mass is 10.2. The van der Waals surface area contributed by atoms with Gasteiger partial charge in [0.2, 0.25) is 11.8 Å². The Morgan fingerprint density at radius 1 is 1.36 bits per heavy atom. The third-order valence-corrected chi connectivity index (χ3v) is 3.12. The minimum absolute atomic E-state index is 0.0136. The van der Waals surface area contributed by atoms with E-state index in [2.05, 4.69) is 10.3 Å². The minimum Gasteiger partial charge on any atom is -0.481 e. The molecule has 0 aliphatic heterocycles. The molecule has 6 nitrogen and oxygen atoms in total. The third kappa shape index (κ3) is 6.66. The number of carboxylic acids is 1. The van der Waals surface area contributed by atoms with E-state index in [1.807, 2.05) is 0 Å². The summed E-state index contributed by atoms with van der Waals surface area (Å²) >= 11 is 0.916. The first-order valence-electron chi connectivity index (χ1n) is 6.02. The molecule has 2 N–H and O–H groups in total. The monoisotopic (exact) mass is 338 g/mol. The number of hydrogen-bond donors (Lipinski definition) is 2. The van der Waals surface area contributed by atoms with Crippen molar-refractivity contribution in [2.75, 3.05) is 24.7 Å². The van der Waals surface area contributed by atoms with Gasteiger partial charge < -0.3 is 15.2 Å². The Labute approximate surface area is 128 Å². The number of pyridine rings is 1. The summed E-state index contributed by atoms with van der Waals surface area (Å²) in [6, 6.07) is 2.00. The molecule has 0 atom stereocenters. The van der Waals surface area contributed by atoms with E-state index in [4.69, 9.17) is 9.84 Å². The van der Waals surface area contributed by atoms with Crippen molar-refractivity contribution in [3.63, 3.8) is 0 Å². The zero-order valence-electron chi connectivity index (χ0n) is 11.2. The van der Waals surface area contributed by atoms with E-state index >= 15 is 0 Å². The van der Waals surface area contributed by atoms with E-state index in [0.29, 0.717) is 0 Å². The zero-order valence-corrected chi connectivity index (χ0v) is 12.0. The smallest absolute Gasteiger partial charge is 0.421 e. The molecule has 1 amide bonds. The molecule has 0 unspecified atom stereocenters. The van der Waals surface area contributed by atoms with Crippen LogP contribution in [0.2, 0.25) is 0 Å². The average Bonchev–Trinajstić information content (AvgIpc) is 2.42. The van der Waals surface area contributed by atoms with Crippen LogP contribution < -0.4 is 10.1 Å². The lowest BCUT2D eigenvalue weighted by Crippen LogP contribution is -2.30. The first-order chi connectivity index (χ1) is 10.3. The number of hydrogen-bond acceptors (Lipinski definition) is 5. The molecule has 1 aromatic heterocycles. The maximum absolute atomic E-state index is 12.6. The Bertz CT molecular complexity index is 525. The number of halogens is 3. The molecule has 0 aliphatic rings. The van der Waals surface area contributed by atoms with Gasteiger partial charge in [-0.25, -0.2) is 4.98 Å². The summed E-state index contributed by atoms with van der Waals surface area (Å²) in [6.45, 7) is -0.199. The molecule has 1 aromatic rings. The number of nitrogens with one attached hydrogen (secondary N) is 1. The zero-order chi connectivity index (χ0) is 16.6. The molecular weight excluding hydrogens is 325 g/mol. The van der Waals surface area contributed by atoms with Crippen LogP contribution in [0.1, 0.15) is 5.56 Å². The summed E-state index contributed by atoms with van der Waals surface area (Å²) in [4.78, 5) is 25.0. The average molecular weight is 338 g/mol. The fourth-order valence-corrected chi connectivity index (χ4v) is 1.91. The van der Waals surface area contributed by atoms with Crippen LogP contribution in [-0.4, -0.2) is 46.6 Å². The predicted molar refractivity (Wildman–Crippen MR) is 72.7 cm³/mol. The SMILES string of the molecule is O=C(O)CSCC(=O)NCCOc1ncccc1C(F)(F)F. The summed E-state index contributed by atoms with van der Waals surface area (Å²) in [5.74, 6) is -2.26. The van der Waals surface area contributed by atoms with Crippen molar-refractivity contribution in [1.29, 1.82) is 0 Å². The summed E-state index contributed by atoms with van der Waals surface area (Å²) in [6.07, 6.45) is -3.40. The number of carbonyl (C=O) groups is 2. The number of amides is 1. The molecule has 0 aliphatic carbocycles. The van der Waals surface area contributed by atoms with Crippen LogP contribution in [0.3, 0.4) is 0 Å². The standard InChI is InChI=1S/C12H13F3N2O4S/c13-12(14,15)8-2-1-3-17-11(8)21-5-4-16-9(18)6-22-7-10(19)20/h1-3H,4-7H2,(H,16,18)(H,19,20). The molecule has 0 radical (unpaired) electrons. The van der Waals surface area contributed by atoms with Crippen LogP contribution in [0.4, 0.5) is 13.2 Å². The van der Waals surface area contributed by atoms with E-state index < -0.39 is 29.5 Å². The summed E-state index contributed by atoms with van der Waals surface area (Å²) in [7, 11) is 0. The molecule has 0 saturated carbocycles. The van der Waals surface area contributed by atoms with Gasteiger partial charge in [0.1, 0.15) is 12.2 Å². The number of rotatable bonds is 8. The van der Waals surface area contributed by atoms with Crippen molar-refractivity contribution in [2.45, 2.75) is 6.18 Å². The number of alkyl halides is 3. The maximum Gasteiger partial charge on any atom is 0.421 e. The molecule has 0 fully saturated rings. The highest BCUT2D eigenvalue weighted by molar-refractivity contribution is 8.00. The molecule has 0 bridgehead atoms. The summed E-state index contributed by atoms with van der Waals surface area (Å²) in [5.41, 5.74) is -0.988. The third-order valence-electron chi connectivity index (χ3n) is 2.20. The second-order valence-corrected chi connectivity index (χ2v) is 4.92. The highest BCUT2D eigenvalue weighted by Gasteiger charge is 2.34. The summed E-state index contributed by atoms with van der Waals surface area (Å²) < 4.78 is 42.9. The van der Waals surface area contributed by atoms with Gasteiger partial charge in [0, 0.05) is 6.20 Å². The van der Waals surface area contributed by atoms with Gasteiger partial charge in [-0.1, -0.05) is 0 Å². The number of carbonyl (C=O) groups excluding carboxylic acids is 1. The molecule has 0 spiro atoms. The van der Waals surface area contributed by atoms with Crippen molar-refractivity contribution in [2.24, 2.45) is 0 Å².